The molecule has 1 saturated carbocycles. The van der Waals surface area contributed by atoms with E-state index < -0.39 is 21.0 Å². The van der Waals surface area contributed by atoms with Crippen molar-refractivity contribution in [3.8, 4) is 0 Å². The lowest BCUT2D eigenvalue weighted by molar-refractivity contribution is -0.120. The highest BCUT2D eigenvalue weighted by atomic mass is 32.2. The topological polar surface area (TPSA) is 83.5 Å². The first-order valence-electron chi connectivity index (χ1n) is 5.97. The summed E-state index contributed by atoms with van der Waals surface area (Å²) in [5.74, 6) is -0.426. The van der Waals surface area contributed by atoms with Gasteiger partial charge in [0, 0.05) is 18.7 Å². The van der Waals surface area contributed by atoms with Crippen molar-refractivity contribution in [3.05, 3.63) is 0 Å². The summed E-state index contributed by atoms with van der Waals surface area (Å²) in [6.07, 6.45) is 4.39. The molecule has 0 heterocycles. The number of carbonyl (C=O) groups excluding carboxylic acids is 1. The van der Waals surface area contributed by atoms with Crippen LogP contribution in [0.25, 0.3) is 0 Å². The van der Waals surface area contributed by atoms with Gasteiger partial charge in [0.15, 0.2) is 9.84 Å². The van der Waals surface area contributed by atoms with Crippen molar-refractivity contribution in [2.45, 2.75) is 44.0 Å². The summed E-state index contributed by atoms with van der Waals surface area (Å²) in [7, 11) is -3.34. The molecule has 0 aromatic heterocycles. The van der Waals surface area contributed by atoms with E-state index in [1.807, 2.05) is 0 Å². The monoisotopic (exact) mass is 263 g/mol. The molecule has 100 valence electrons. The minimum Gasteiger partial charge on any atom is -0.393 e. The van der Waals surface area contributed by atoms with E-state index in [1.165, 1.54) is 6.92 Å². The molecular weight excluding hydrogens is 242 g/mol. The van der Waals surface area contributed by atoms with Crippen LogP contribution < -0.4 is 5.32 Å². The third-order valence-corrected chi connectivity index (χ3v) is 4.92. The standard InChI is InChI=1S/C11H21NO4S/c1-8(17(2,15)16)11(14)12-7-9-5-3-4-6-10(9)13/h8-10,13H,3-7H2,1-2H3,(H,12,14). The molecule has 0 bridgehead atoms. The predicted molar refractivity (Wildman–Crippen MR) is 65.3 cm³/mol. The van der Waals surface area contributed by atoms with Gasteiger partial charge in [-0.25, -0.2) is 8.42 Å². The molecule has 0 radical (unpaired) electrons. The van der Waals surface area contributed by atoms with Crippen molar-refractivity contribution in [2.24, 2.45) is 5.92 Å². The average molecular weight is 263 g/mol. The first-order valence-corrected chi connectivity index (χ1v) is 7.92. The molecule has 0 aromatic carbocycles. The van der Waals surface area contributed by atoms with Crippen LogP contribution in [0.1, 0.15) is 32.6 Å². The maximum atomic E-state index is 11.6. The van der Waals surface area contributed by atoms with Gasteiger partial charge in [-0.15, -0.1) is 0 Å². The van der Waals surface area contributed by atoms with Crippen molar-refractivity contribution < 1.29 is 18.3 Å². The third-order valence-electron chi connectivity index (χ3n) is 3.42. The molecule has 3 atom stereocenters. The smallest absolute Gasteiger partial charge is 0.238 e. The van der Waals surface area contributed by atoms with Gasteiger partial charge in [0.2, 0.25) is 5.91 Å². The predicted octanol–water partition coefficient (Wildman–Crippen LogP) is 0.0868. The van der Waals surface area contributed by atoms with E-state index in [-0.39, 0.29) is 12.0 Å². The normalized spacial score (nSPS) is 27.5. The van der Waals surface area contributed by atoms with E-state index in [2.05, 4.69) is 5.32 Å². The number of amides is 1. The molecule has 6 heteroatoms. The highest BCUT2D eigenvalue weighted by molar-refractivity contribution is 7.92. The number of sulfone groups is 1. The minimum absolute atomic E-state index is 0.0551. The number of nitrogens with one attached hydrogen (secondary N) is 1. The fourth-order valence-corrected chi connectivity index (χ4v) is 2.47. The van der Waals surface area contributed by atoms with E-state index >= 15 is 0 Å². The van der Waals surface area contributed by atoms with E-state index in [9.17, 15) is 18.3 Å². The fourth-order valence-electron chi connectivity index (χ4n) is 2.00. The zero-order valence-corrected chi connectivity index (χ0v) is 11.2. The Kier molecular flexibility index (Phi) is 4.94. The van der Waals surface area contributed by atoms with Gasteiger partial charge in [-0.3, -0.25) is 4.79 Å². The van der Waals surface area contributed by atoms with Crippen molar-refractivity contribution in [2.75, 3.05) is 12.8 Å². The van der Waals surface area contributed by atoms with E-state index in [4.69, 9.17) is 0 Å². The highest BCUT2D eigenvalue weighted by Crippen LogP contribution is 2.23. The van der Waals surface area contributed by atoms with Crippen LogP contribution in [0.2, 0.25) is 0 Å². The molecule has 0 aliphatic heterocycles. The molecule has 1 aliphatic carbocycles. The van der Waals surface area contributed by atoms with E-state index in [0.29, 0.717) is 6.54 Å². The molecule has 1 aliphatic rings. The molecule has 1 fully saturated rings. The summed E-state index contributed by atoms with van der Waals surface area (Å²) in [6, 6.07) is 0. The van der Waals surface area contributed by atoms with Gasteiger partial charge < -0.3 is 10.4 Å². The summed E-state index contributed by atoms with van der Waals surface area (Å²) in [5, 5.41) is 11.3. The zero-order chi connectivity index (χ0) is 13.1. The van der Waals surface area contributed by atoms with Gasteiger partial charge in [-0.2, -0.15) is 0 Å². The Hall–Kier alpha value is -0.620. The maximum Gasteiger partial charge on any atom is 0.238 e. The number of rotatable bonds is 4. The lowest BCUT2D eigenvalue weighted by Gasteiger charge is -2.27. The van der Waals surface area contributed by atoms with Crippen molar-refractivity contribution in [3.63, 3.8) is 0 Å². The van der Waals surface area contributed by atoms with Crippen LogP contribution in [-0.4, -0.2) is 43.6 Å². The van der Waals surface area contributed by atoms with Gasteiger partial charge in [0.25, 0.3) is 0 Å². The molecule has 1 amide bonds. The number of hydrogen-bond acceptors (Lipinski definition) is 4. The SMILES string of the molecule is CC(C(=O)NCC1CCCCC1O)S(C)(=O)=O. The Morgan fingerprint density at radius 3 is 2.53 bits per heavy atom. The van der Waals surface area contributed by atoms with E-state index in [0.717, 1.165) is 31.9 Å². The summed E-state index contributed by atoms with van der Waals surface area (Å²) in [5.41, 5.74) is 0. The molecule has 0 spiro atoms. The maximum absolute atomic E-state index is 11.6. The summed E-state index contributed by atoms with van der Waals surface area (Å²) in [6.45, 7) is 1.74. The minimum atomic E-state index is -3.34. The molecule has 1 rings (SSSR count). The second kappa shape index (κ2) is 5.82. The average Bonchev–Trinajstić information content (AvgIpc) is 2.25. The Morgan fingerprint density at radius 2 is 2.00 bits per heavy atom. The highest BCUT2D eigenvalue weighted by Gasteiger charge is 2.27. The largest absolute Gasteiger partial charge is 0.393 e. The van der Waals surface area contributed by atoms with Crippen LogP contribution in [-0.2, 0) is 14.6 Å². The number of carbonyl (C=O) groups is 1. The molecule has 2 N–H and O–H groups in total. The number of hydrogen-bond donors (Lipinski definition) is 2. The van der Waals surface area contributed by atoms with Crippen LogP contribution >= 0.6 is 0 Å². The Bertz CT molecular complexity index is 366. The summed E-state index contributed by atoms with van der Waals surface area (Å²) < 4.78 is 22.4. The third kappa shape index (κ3) is 4.27. The lowest BCUT2D eigenvalue weighted by Crippen LogP contribution is -2.42. The van der Waals surface area contributed by atoms with Crippen LogP contribution in [0, 0.1) is 5.92 Å². The molecule has 17 heavy (non-hydrogen) atoms. The van der Waals surface area contributed by atoms with Gasteiger partial charge in [-0.1, -0.05) is 12.8 Å². The van der Waals surface area contributed by atoms with Gasteiger partial charge in [0.05, 0.1) is 6.10 Å². The lowest BCUT2D eigenvalue weighted by atomic mass is 9.86. The van der Waals surface area contributed by atoms with Gasteiger partial charge in [0.1, 0.15) is 5.25 Å². The Labute approximate surface area is 103 Å². The molecule has 0 saturated heterocycles. The molecule has 3 unspecified atom stereocenters. The second-order valence-electron chi connectivity index (χ2n) is 4.83. The van der Waals surface area contributed by atoms with Gasteiger partial charge >= 0.3 is 0 Å². The summed E-state index contributed by atoms with van der Waals surface area (Å²) in [4.78, 5) is 11.6. The van der Waals surface area contributed by atoms with E-state index in [1.54, 1.807) is 0 Å². The fraction of sp³-hybridized carbons (Fsp3) is 0.909. The van der Waals surface area contributed by atoms with Crippen LogP contribution in [0.3, 0.4) is 0 Å². The van der Waals surface area contributed by atoms with Crippen molar-refractivity contribution >= 4 is 15.7 Å². The molecule has 0 aromatic rings. The first-order chi connectivity index (χ1) is 7.82. The number of aliphatic hydroxyl groups is 1. The van der Waals surface area contributed by atoms with Crippen LogP contribution in [0.4, 0.5) is 0 Å². The van der Waals surface area contributed by atoms with Crippen LogP contribution in [0.5, 0.6) is 0 Å². The molecular formula is C11H21NO4S. The molecule has 5 nitrogen and oxygen atoms in total. The van der Waals surface area contributed by atoms with Crippen molar-refractivity contribution in [1.82, 2.24) is 5.32 Å². The number of aliphatic hydroxyl groups excluding tert-OH is 1. The summed E-state index contributed by atoms with van der Waals surface area (Å²) >= 11 is 0. The van der Waals surface area contributed by atoms with Crippen LogP contribution in [0.15, 0.2) is 0 Å². The Balaban J connectivity index is 2.42. The van der Waals surface area contributed by atoms with Gasteiger partial charge in [-0.05, 0) is 19.8 Å². The zero-order valence-electron chi connectivity index (χ0n) is 10.3. The Morgan fingerprint density at radius 1 is 1.41 bits per heavy atom. The quantitative estimate of drug-likeness (QED) is 0.753. The second-order valence-corrected chi connectivity index (χ2v) is 7.19. The van der Waals surface area contributed by atoms with Crippen molar-refractivity contribution in [1.29, 1.82) is 0 Å². The first kappa shape index (κ1) is 14.4.